The second kappa shape index (κ2) is 9.45. The number of aromatic amines is 1. The highest BCUT2D eigenvalue weighted by atomic mass is 19.4. The topological polar surface area (TPSA) is 41.2 Å². The molecule has 0 atom stereocenters. The number of aromatic nitrogens is 2. The Labute approximate surface area is 165 Å². The summed E-state index contributed by atoms with van der Waals surface area (Å²) in [7, 11) is 2.00. The summed E-state index contributed by atoms with van der Waals surface area (Å²) in [5.74, 6) is 0.0455. The summed E-state index contributed by atoms with van der Waals surface area (Å²) in [4.78, 5) is 2.15. The van der Waals surface area contributed by atoms with Gasteiger partial charge in [0.2, 0.25) is 0 Å². The van der Waals surface area contributed by atoms with Crippen molar-refractivity contribution < 1.29 is 17.9 Å². The molecule has 0 aliphatic rings. The summed E-state index contributed by atoms with van der Waals surface area (Å²) in [6.45, 7) is 9.37. The molecule has 0 saturated carbocycles. The highest BCUT2D eigenvalue weighted by molar-refractivity contribution is 5.67. The fourth-order valence-electron chi connectivity index (χ4n) is 3.05. The standard InChI is InChI=1S/C21H30F3N3O/c1-6-7-8-27(5)12-17-11-25-26-19(17)16-9-15(4)20(28-13-14(2)3)18(10-16)21(22,23)24/h9-11,14H,6-8,12-13H2,1-5H3,(H,25,26). The van der Waals surface area contributed by atoms with Gasteiger partial charge < -0.3 is 9.64 Å². The summed E-state index contributed by atoms with van der Waals surface area (Å²) < 4.78 is 46.6. The molecular weight excluding hydrogens is 367 g/mol. The first-order valence-corrected chi connectivity index (χ1v) is 9.69. The third-order valence-corrected chi connectivity index (χ3v) is 4.48. The van der Waals surface area contributed by atoms with Crippen molar-refractivity contribution in [1.29, 1.82) is 0 Å². The lowest BCUT2D eigenvalue weighted by molar-refractivity contribution is -0.139. The van der Waals surface area contributed by atoms with Crippen molar-refractivity contribution in [3.05, 3.63) is 35.0 Å². The second-order valence-corrected chi connectivity index (χ2v) is 7.73. The van der Waals surface area contributed by atoms with Crippen molar-refractivity contribution in [2.45, 2.75) is 53.3 Å². The van der Waals surface area contributed by atoms with Crippen LogP contribution in [0.2, 0.25) is 0 Å². The zero-order chi connectivity index (χ0) is 20.9. The lowest BCUT2D eigenvalue weighted by atomic mass is 10.00. The number of nitrogens with zero attached hydrogens (tertiary/aromatic N) is 2. The quantitative estimate of drug-likeness (QED) is 0.593. The van der Waals surface area contributed by atoms with E-state index in [1.165, 1.54) is 0 Å². The van der Waals surface area contributed by atoms with Gasteiger partial charge >= 0.3 is 6.18 Å². The number of hydrogen-bond acceptors (Lipinski definition) is 3. The molecule has 1 aromatic heterocycles. The van der Waals surface area contributed by atoms with E-state index in [-0.39, 0.29) is 18.3 Å². The predicted octanol–water partition coefficient (Wildman–Crippen LogP) is 5.67. The van der Waals surface area contributed by atoms with Crippen LogP contribution < -0.4 is 4.74 Å². The number of nitrogens with one attached hydrogen (secondary N) is 1. The van der Waals surface area contributed by atoms with E-state index >= 15 is 0 Å². The fraction of sp³-hybridized carbons (Fsp3) is 0.571. The van der Waals surface area contributed by atoms with Gasteiger partial charge in [0.25, 0.3) is 0 Å². The van der Waals surface area contributed by atoms with Gasteiger partial charge in [-0.25, -0.2) is 0 Å². The monoisotopic (exact) mass is 397 g/mol. The van der Waals surface area contributed by atoms with Crippen molar-refractivity contribution >= 4 is 0 Å². The molecule has 0 unspecified atom stereocenters. The first-order valence-electron chi connectivity index (χ1n) is 9.69. The van der Waals surface area contributed by atoms with Gasteiger partial charge in [-0.3, -0.25) is 5.10 Å². The third-order valence-electron chi connectivity index (χ3n) is 4.48. The Kier molecular flexibility index (Phi) is 7.52. The van der Waals surface area contributed by atoms with E-state index in [1.54, 1.807) is 19.2 Å². The van der Waals surface area contributed by atoms with Gasteiger partial charge in [-0.1, -0.05) is 27.2 Å². The molecule has 2 rings (SSSR count). The van der Waals surface area contributed by atoms with Crippen LogP contribution in [-0.4, -0.2) is 35.3 Å². The van der Waals surface area contributed by atoms with Crippen LogP contribution in [0.1, 0.15) is 50.3 Å². The van der Waals surface area contributed by atoms with Crippen LogP contribution in [0, 0.1) is 12.8 Å². The molecule has 28 heavy (non-hydrogen) atoms. The normalized spacial score (nSPS) is 12.2. The van der Waals surface area contributed by atoms with Crippen molar-refractivity contribution in [3.8, 4) is 17.0 Å². The minimum absolute atomic E-state index is 0.0916. The molecule has 0 spiro atoms. The summed E-state index contributed by atoms with van der Waals surface area (Å²) in [5.41, 5.74) is 1.68. The van der Waals surface area contributed by atoms with Crippen LogP contribution in [-0.2, 0) is 12.7 Å². The summed E-state index contributed by atoms with van der Waals surface area (Å²) >= 11 is 0. The van der Waals surface area contributed by atoms with Crippen LogP contribution in [0.15, 0.2) is 18.3 Å². The molecule has 1 heterocycles. The van der Waals surface area contributed by atoms with Crippen LogP contribution in [0.3, 0.4) is 0 Å². The Morgan fingerprint density at radius 1 is 1.25 bits per heavy atom. The van der Waals surface area contributed by atoms with E-state index in [0.717, 1.165) is 31.0 Å². The molecule has 0 amide bonds. The molecule has 0 saturated heterocycles. The Hall–Kier alpha value is -2.02. The Balaban J connectivity index is 2.40. The van der Waals surface area contributed by atoms with Crippen molar-refractivity contribution in [2.24, 2.45) is 5.92 Å². The fourth-order valence-corrected chi connectivity index (χ4v) is 3.05. The summed E-state index contributed by atoms with van der Waals surface area (Å²) in [6.07, 6.45) is -0.647. The van der Waals surface area contributed by atoms with E-state index in [2.05, 4.69) is 22.0 Å². The number of H-pyrrole nitrogens is 1. The number of alkyl halides is 3. The van der Waals surface area contributed by atoms with E-state index < -0.39 is 11.7 Å². The third kappa shape index (κ3) is 5.74. The van der Waals surface area contributed by atoms with Crippen LogP contribution in [0.4, 0.5) is 13.2 Å². The second-order valence-electron chi connectivity index (χ2n) is 7.73. The Morgan fingerprint density at radius 3 is 2.57 bits per heavy atom. The maximum atomic E-state index is 13.7. The first kappa shape index (κ1) is 22.3. The minimum Gasteiger partial charge on any atom is -0.492 e. The number of halogens is 3. The van der Waals surface area contributed by atoms with E-state index in [9.17, 15) is 13.2 Å². The van der Waals surface area contributed by atoms with E-state index in [0.29, 0.717) is 23.4 Å². The first-order chi connectivity index (χ1) is 13.1. The van der Waals surface area contributed by atoms with Gasteiger partial charge in [0, 0.05) is 17.7 Å². The van der Waals surface area contributed by atoms with Crippen LogP contribution >= 0.6 is 0 Å². The summed E-state index contributed by atoms with van der Waals surface area (Å²) in [5, 5.41) is 6.95. The molecule has 1 N–H and O–H groups in total. The molecule has 7 heteroatoms. The van der Waals surface area contributed by atoms with Crippen molar-refractivity contribution in [1.82, 2.24) is 15.1 Å². The number of unbranched alkanes of at least 4 members (excludes halogenated alkanes) is 1. The van der Waals surface area contributed by atoms with Crippen LogP contribution in [0.25, 0.3) is 11.3 Å². The van der Waals surface area contributed by atoms with Crippen molar-refractivity contribution in [3.63, 3.8) is 0 Å². The highest BCUT2D eigenvalue weighted by Crippen LogP contribution is 2.41. The zero-order valence-electron chi connectivity index (χ0n) is 17.3. The van der Waals surface area contributed by atoms with Crippen LogP contribution in [0.5, 0.6) is 5.75 Å². The lowest BCUT2D eigenvalue weighted by Gasteiger charge is -2.20. The van der Waals surface area contributed by atoms with Crippen molar-refractivity contribution in [2.75, 3.05) is 20.2 Å². The number of ether oxygens (including phenoxy) is 1. The smallest absolute Gasteiger partial charge is 0.419 e. The number of benzene rings is 1. The number of rotatable bonds is 9. The molecule has 0 bridgehead atoms. The number of aryl methyl sites for hydroxylation is 1. The van der Waals surface area contributed by atoms with Gasteiger partial charge in [0.05, 0.1) is 24.1 Å². The Bertz CT molecular complexity index is 769. The molecular formula is C21H30F3N3O. The molecule has 0 fully saturated rings. The van der Waals surface area contributed by atoms with E-state index in [4.69, 9.17) is 4.74 Å². The molecule has 4 nitrogen and oxygen atoms in total. The zero-order valence-corrected chi connectivity index (χ0v) is 17.3. The SMILES string of the molecule is CCCCN(C)Cc1cn[nH]c1-c1cc(C)c(OCC(C)C)c(C(F)(F)F)c1. The van der Waals surface area contributed by atoms with Gasteiger partial charge in [0.1, 0.15) is 5.75 Å². The summed E-state index contributed by atoms with van der Waals surface area (Å²) in [6, 6.07) is 2.89. The van der Waals surface area contributed by atoms with E-state index in [1.807, 2.05) is 20.9 Å². The Morgan fingerprint density at radius 2 is 1.96 bits per heavy atom. The molecule has 156 valence electrons. The van der Waals surface area contributed by atoms with Gasteiger partial charge in [-0.15, -0.1) is 0 Å². The maximum absolute atomic E-state index is 13.7. The molecule has 0 aliphatic carbocycles. The average Bonchev–Trinajstić information content (AvgIpc) is 3.05. The molecule has 0 radical (unpaired) electrons. The minimum atomic E-state index is -4.49. The predicted molar refractivity (Wildman–Crippen MR) is 105 cm³/mol. The van der Waals surface area contributed by atoms with Gasteiger partial charge in [-0.05, 0) is 50.6 Å². The highest BCUT2D eigenvalue weighted by Gasteiger charge is 2.36. The molecule has 0 aliphatic heterocycles. The van der Waals surface area contributed by atoms with Gasteiger partial charge in [0.15, 0.2) is 0 Å². The molecule has 2 aromatic rings. The largest absolute Gasteiger partial charge is 0.492 e. The number of hydrogen-bond donors (Lipinski definition) is 1. The lowest BCUT2D eigenvalue weighted by Crippen LogP contribution is -2.19. The molecule has 1 aromatic carbocycles. The van der Waals surface area contributed by atoms with Gasteiger partial charge in [-0.2, -0.15) is 18.3 Å². The maximum Gasteiger partial charge on any atom is 0.419 e. The average molecular weight is 397 g/mol.